The molecular formula is C27H23BrN2O6. The van der Waals surface area contributed by atoms with Gasteiger partial charge >= 0.3 is 6.03 Å². The Morgan fingerprint density at radius 1 is 0.750 bits per heavy atom. The van der Waals surface area contributed by atoms with E-state index in [1.165, 1.54) is 6.08 Å². The molecule has 2 N–H and O–H groups in total. The lowest BCUT2D eigenvalue weighted by molar-refractivity contribution is -0.123. The van der Waals surface area contributed by atoms with Gasteiger partial charge in [0.2, 0.25) is 0 Å². The molecule has 0 bridgehead atoms. The van der Waals surface area contributed by atoms with Crippen LogP contribution in [0, 0.1) is 0 Å². The number of imide groups is 2. The Kier molecular flexibility index (Phi) is 8.02. The van der Waals surface area contributed by atoms with E-state index in [2.05, 4.69) is 26.6 Å². The molecule has 8 nitrogen and oxygen atoms in total. The molecular weight excluding hydrogens is 528 g/mol. The maximum atomic E-state index is 12.1. The van der Waals surface area contributed by atoms with E-state index in [-0.39, 0.29) is 12.2 Å². The van der Waals surface area contributed by atoms with Crippen LogP contribution in [0.4, 0.5) is 4.79 Å². The van der Waals surface area contributed by atoms with Gasteiger partial charge in [-0.15, -0.1) is 0 Å². The van der Waals surface area contributed by atoms with Crippen LogP contribution in [0.3, 0.4) is 0 Å². The van der Waals surface area contributed by atoms with E-state index in [0.29, 0.717) is 36.0 Å². The summed E-state index contributed by atoms with van der Waals surface area (Å²) in [5, 5.41) is 4.12. The zero-order valence-electron chi connectivity index (χ0n) is 19.4. The molecule has 36 heavy (non-hydrogen) atoms. The Balaban J connectivity index is 1.51. The number of ether oxygens (including phenoxy) is 3. The minimum atomic E-state index is -0.853. The minimum absolute atomic E-state index is 0.198. The predicted octanol–water partition coefficient (Wildman–Crippen LogP) is 4.76. The maximum absolute atomic E-state index is 12.1. The van der Waals surface area contributed by atoms with Crippen LogP contribution in [0.15, 0.2) is 76.8 Å². The molecule has 184 valence electrons. The summed E-state index contributed by atoms with van der Waals surface area (Å²) in [6.45, 7) is 2.99. The van der Waals surface area contributed by atoms with Crippen LogP contribution >= 0.6 is 15.9 Å². The number of nitrogens with one attached hydrogen (secondary N) is 2. The first-order valence-electron chi connectivity index (χ1n) is 11.2. The standard InChI is InChI=1S/C27H23BrN2O6/c1-2-34-24-12-18(8-10-23(24)36-15-17-6-4-3-5-7-17)16-35-22-11-9-20(28)13-19(22)14-21-25(31)29-27(33)30-26(21)32/h3-14H,2,15-16H2,1H3,(H2,29,30,31,32,33). The van der Waals surface area contributed by atoms with Crippen molar-refractivity contribution in [1.82, 2.24) is 10.6 Å². The topological polar surface area (TPSA) is 103 Å². The fourth-order valence-electron chi connectivity index (χ4n) is 3.45. The summed E-state index contributed by atoms with van der Waals surface area (Å²) in [5.41, 5.74) is 2.18. The normalized spacial score (nSPS) is 13.1. The second-order valence-corrected chi connectivity index (χ2v) is 8.67. The second kappa shape index (κ2) is 11.5. The van der Waals surface area contributed by atoms with Crippen LogP contribution in [0.25, 0.3) is 6.08 Å². The number of urea groups is 1. The number of halogens is 1. The molecule has 0 saturated carbocycles. The van der Waals surface area contributed by atoms with Crippen molar-refractivity contribution in [2.24, 2.45) is 0 Å². The average molecular weight is 551 g/mol. The van der Waals surface area contributed by atoms with E-state index in [4.69, 9.17) is 14.2 Å². The zero-order chi connectivity index (χ0) is 25.5. The predicted molar refractivity (Wildman–Crippen MR) is 137 cm³/mol. The van der Waals surface area contributed by atoms with Crippen molar-refractivity contribution in [3.05, 3.63) is 93.5 Å². The molecule has 0 atom stereocenters. The molecule has 1 aliphatic heterocycles. The molecule has 1 heterocycles. The number of amides is 4. The first-order chi connectivity index (χ1) is 17.4. The van der Waals surface area contributed by atoms with Gasteiger partial charge in [-0.25, -0.2) is 4.79 Å². The number of benzene rings is 3. The highest BCUT2D eigenvalue weighted by atomic mass is 79.9. The monoisotopic (exact) mass is 550 g/mol. The van der Waals surface area contributed by atoms with Gasteiger partial charge in [0.25, 0.3) is 11.8 Å². The molecule has 9 heteroatoms. The van der Waals surface area contributed by atoms with E-state index in [9.17, 15) is 14.4 Å². The fourth-order valence-corrected chi connectivity index (χ4v) is 3.83. The van der Waals surface area contributed by atoms with Crippen molar-refractivity contribution in [2.45, 2.75) is 20.1 Å². The van der Waals surface area contributed by atoms with Crippen molar-refractivity contribution in [1.29, 1.82) is 0 Å². The van der Waals surface area contributed by atoms with Crippen LogP contribution in [-0.4, -0.2) is 24.5 Å². The van der Waals surface area contributed by atoms with Crippen LogP contribution in [-0.2, 0) is 22.8 Å². The lowest BCUT2D eigenvalue weighted by Crippen LogP contribution is -2.51. The molecule has 0 unspecified atom stereocenters. The quantitative estimate of drug-likeness (QED) is 0.294. The Hall–Kier alpha value is -4.11. The number of carbonyl (C=O) groups is 3. The number of hydrogen-bond donors (Lipinski definition) is 2. The molecule has 4 amide bonds. The van der Waals surface area contributed by atoms with E-state index >= 15 is 0 Å². The minimum Gasteiger partial charge on any atom is -0.490 e. The molecule has 0 aliphatic carbocycles. The highest BCUT2D eigenvalue weighted by Crippen LogP contribution is 2.31. The third-order valence-corrected chi connectivity index (χ3v) is 5.65. The van der Waals surface area contributed by atoms with Crippen molar-refractivity contribution in [2.75, 3.05) is 6.61 Å². The molecule has 1 fully saturated rings. The highest BCUT2D eigenvalue weighted by Gasteiger charge is 2.28. The van der Waals surface area contributed by atoms with Gasteiger partial charge < -0.3 is 14.2 Å². The summed E-state index contributed by atoms with van der Waals surface area (Å²) >= 11 is 3.39. The number of hydrogen-bond acceptors (Lipinski definition) is 6. The van der Waals surface area contributed by atoms with E-state index in [1.54, 1.807) is 18.2 Å². The van der Waals surface area contributed by atoms with Crippen LogP contribution in [0.2, 0.25) is 0 Å². The Labute approximate surface area is 216 Å². The van der Waals surface area contributed by atoms with Gasteiger partial charge in [0.15, 0.2) is 11.5 Å². The van der Waals surface area contributed by atoms with Crippen molar-refractivity contribution in [3.63, 3.8) is 0 Å². The summed E-state index contributed by atoms with van der Waals surface area (Å²) in [7, 11) is 0. The summed E-state index contributed by atoms with van der Waals surface area (Å²) in [5.74, 6) is 0.130. The third-order valence-electron chi connectivity index (χ3n) is 5.15. The SMILES string of the molecule is CCOc1cc(COc2ccc(Br)cc2C=C2C(=O)NC(=O)NC2=O)ccc1OCc1ccccc1. The summed E-state index contributed by atoms with van der Waals surface area (Å²) in [6.07, 6.45) is 1.38. The van der Waals surface area contributed by atoms with Gasteiger partial charge in [0, 0.05) is 10.0 Å². The van der Waals surface area contributed by atoms with Gasteiger partial charge in [-0.05, 0) is 54.5 Å². The van der Waals surface area contributed by atoms with Crippen molar-refractivity contribution in [3.8, 4) is 17.2 Å². The number of barbiturate groups is 1. The Morgan fingerprint density at radius 3 is 2.14 bits per heavy atom. The van der Waals surface area contributed by atoms with Gasteiger partial charge in [-0.2, -0.15) is 0 Å². The molecule has 1 saturated heterocycles. The van der Waals surface area contributed by atoms with E-state index < -0.39 is 17.8 Å². The van der Waals surface area contributed by atoms with E-state index in [0.717, 1.165) is 15.6 Å². The summed E-state index contributed by atoms with van der Waals surface area (Å²) < 4.78 is 18.5. The smallest absolute Gasteiger partial charge is 0.328 e. The molecule has 3 aromatic rings. The van der Waals surface area contributed by atoms with Crippen LogP contribution < -0.4 is 24.8 Å². The van der Waals surface area contributed by atoms with Gasteiger partial charge in [0.1, 0.15) is 24.5 Å². The van der Waals surface area contributed by atoms with Gasteiger partial charge in [-0.3, -0.25) is 20.2 Å². The second-order valence-electron chi connectivity index (χ2n) is 7.75. The van der Waals surface area contributed by atoms with Crippen LogP contribution in [0.1, 0.15) is 23.6 Å². The zero-order valence-corrected chi connectivity index (χ0v) is 21.0. The largest absolute Gasteiger partial charge is 0.490 e. The van der Waals surface area contributed by atoms with Crippen molar-refractivity contribution >= 4 is 39.9 Å². The van der Waals surface area contributed by atoms with Gasteiger partial charge in [0.05, 0.1) is 6.61 Å². The molecule has 1 aliphatic rings. The lowest BCUT2D eigenvalue weighted by Gasteiger charge is -2.16. The number of carbonyl (C=O) groups excluding carboxylic acids is 3. The third kappa shape index (κ3) is 6.31. The first kappa shape index (κ1) is 25.0. The Morgan fingerprint density at radius 2 is 1.42 bits per heavy atom. The fraction of sp³-hybridized carbons (Fsp3) is 0.148. The van der Waals surface area contributed by atoms with Crippen molar-refractivity contribution < 1.29 is 28.6 Å². The lowest BCUT2D eigenvalue weighted by atomic mass is 10.1. The average Bonchev–Trinajstić information content (AvgIpc) is 2.86. The molecule has 0 spiro atoms. The molecule has 4 rings (SSSR count). The summed E-state index contributed by atoms with van der Waals surface area (Å²) in [4.78, 5) is 35.6. The molecule has 3 aromatic carbocycles. The van der Waals surface area contributed by atoms with Crippen LogP contribution in [0.5, 0.6) is 17.2 Å². The molecule has 0 aromatic heterocycles. The first-order valence-corrected chi connectivity index (χ1v) is 12.0. The number of rotatable bonds is 9. The Bertz CT molecular complexity index is 1300. The van der Waals surface area contributed by atoms with E-state index in [1.807, 2.05) is 55.5 Å². The van der Waals surface area contributed by atoms with Gasteiger partial charge in [-0.1, -0.05) is 52.3 Å². The highest BCUT2D eigenvalue weighted by molar-refractivity contribution is 9.10. The maximum Gasteiger partial charge on any atom is 0.328 e. The molecule has 0 radical (unpaired) electrons. The summed E-state index contributed by atoms with van der Waals surface area (Å²) in [6, 6.07) is 19.8.